The van der Waals surface area contributed by atoms with E-state index in [2.05, 4.69) is 5.32 Å². The van der Waals surface area contributed by atoms with Crippen LogP contribution >= 0.6 is 11.3 Å². The lowest BCUT2D eigenvalue weighted by Gasteiger charge is -2.08. The molecule has 0 aliphatic heterocycles. The van der Waals surface area contributed by atoms with Crippen LogP contribution in [0.1, 0.15) is 45.8 Å². The number of ether oxygens (including phenoxy) is 1. The zero-order chi connectivity index (χ0) is 21.5. The van der Waals surface area contributed by atoms with Gasteiger partial charge in [-0.2, -0.15) is 0 Å². The van der Waals surface area contributed by atoms with E-state index >= 15 is 0 Å². The molecule has 156 valence electrons. The number of benzene rings is 2. The summed E-state index contributed by atoms with van der Waals surface area (Å²) in [7, 11) is 1.64. The summed E-state index contributed by atoms with van der Waals surface area (Å²) in [6, 6.07) is 15.5. The van der Waals surface area contributed by atoms with Crippen molar-refractivity contribution in [3.05, 3.63) is 63.8 Å². The van der Waals surface area contributed by atoms with Crippen LogP contribution in [0.2, 0.25) is 0 Å². The summed E-state index contributed by atoms with van der Waals surface area (Å²) in [6.07, 6.45) is 0.662. The van der Waals surface area contributed by atoms with Gasteiger partial charge in [-0.05, 0) is 53.6 Å². The molecule has 30 heavy (non-hydrogen) atoms. The number of methoxy groups -OCH3 is 1. The molecule has 0 radical (unpaired) electrons. The van der Waals surface area contributed by atoms with E-state index in [0.29, 0.717) is 11.4 Å². The Morgan fingerprint density at radius 3 is 2.37 bits per heavy atom. The summed E-state index contributed by atoms with van der Waals surface area (Å²) in [5.41, 5.74) is 0.990. The van der Waals surface area contributed by atoms with Crippen LogP contribution in [0.3, 0.4) is 0 Å². The number of amides is 1. The maximum absolute atomic E-state index is 12.1. The first-order chi connectivity index (χ1) is 14.4. The van der Waals surface area contributed by atoms with Crippen molar-refractivity contribution in [2.45, 2.75) is 39.2 Å². The number of aryl methyl sites for hydroxylation is 1. The molecule has 0 aliphatic rings. The topological polar surface area (TPSA) is 72.5 Å². The number of ketones is 2. The molecule has 0 fully saturated rings. The lowest BCUT2D eigenvalue weighted by atomic mass is 10.1. The number of fused-ring (bicyclic) bond motifs is 1. The first-order valence-electron chi connectivity index (χ1n) is 9.89. The number of rotatable bonds is 10. The maximum Gasteiger partial charge on any atom is 0.220 e. The Balaban J connectivity index is 1.40. The fraction of sp³-hybridized carbons (Fsp3) is 0.292. The van der Waals surface area contributed by atoms with E-state index in [1.807, 2.05) is 49.4 Å². The zero-order valence-corrected chi connectivity index (χ0v) is 18.0. The Morgan fingerprint density at radius 2 is 1.63 bits per heavy atom. The highest BCUT2D eigenvalue weighted by Crippen LogP contribution is 2.22. The largest absolute Gasteiger partial charge is 0.497 e. The van der Waals surface area contributed by atoms with Crippen molar-refractivity contribution in [2.24, 2.45) is 0 Å². The van der Waals surface area contributed by atoms with Crippen molar-refractivity contribution < 1.29 is 19.1 Å². The number of Topliss-reactive ketones (excluding diaryl/α,β-unsaturated/α-hetero) is 2. The van der Waals surface area contributed by atoms with Gasteiger partial charge in [-0.3, -0.25) is 14.4 Å². The molecule has 0 bridgehead atoms. The van der Waals surface area contributed by atoms with E-state index < -0.39 is 0 Å². The van der Waals surface area contributed by atoms with Crippen LogP contribution in [0, 0.1) is 6.92 Å². The van der Waals surface area contributed by atoms with Crippen molar-refractivity contribution in [3.8, 4) is 5.75 Å². The van der Waals surface area contributed by atoms with Gasteiger partial charge in [-0.15, -0.1) is 11.3 Å². The molecular formula is C24H25NO4S. The normalized spacial score (nSPS) is 10.7. The number of carbonyl (C=O) groups is 3. The number of hydrogen-bond donors (Lipinski definition) is 1. The molecule has 5 nitrogen and oxygen atoms in total. The quantitative estimate of drug-likeness (QED) is 0.473. The molecule has 3 rings (SSSR count). The number of nitrogens with one attached hydrogen (secondary N) is 1. The Kier molecular flexibility index (Phi) is 7.36. The van der Waals surface area contributed by atoms with E-state index in [4.69, 9.17) is 4.74 Å². The highest BCUT2D eigenvalue weighted by atomic mass is 32.1. The van der Waals surface area contributed by atoms with Crippen molar-refractivity contribution in [1.29, 1.82) is 0 Å². The molecule has 2 aromatic carbocycles. The maximum atomic E-state index is 12.1. The second kappa shape index (κ2) is 10.2. The van der Waals surface area contributed by atoms with Gasteiger partial charge in [0.2, 0.25) is 5.91 Å². The molecule has 1 heterocycles. The molecule has 0 unspecified atom stereocenters. The average Bonchev–Trinajstić information content (AvgIpc) is 3.20. The SMILES string of the molecule is COc1ccc2cc(CNC(=O)CCC(=O)CCC(=O)c3ccc(C)s3)ccc2c1. The van der Waals surface area contributed by atoms with Gasteiger partial charge < -0.3 is 10.1 Å². The molecule has 1 aromatic heterocycles. The monoisotopic (exact) mass is 423 g/mol. The van der Waals surface area contributed by atoms with Gasteiger partial charge in [-0.25, -0.2) is 0 Å². The lowest BCUT2D eigenvalue weighted by molar-refractivity contribution is -0.125. The van der Waals surface area contributed by atoms with Crippen LogP contribution in [-0.4, -0.2) is 24.6 Å². The fourth-order valence-electron chi connectivity index (χ4n) is 3.14. The van der Waals surface area contributed by atoms with Crippen LogP contribution < -0.4 is 10.1 Å². The van der Waals surface area contributed by atoms with Crippen LogP contribution in [-0.2, 0) is 16.1 Å². The standard InChI is InChI=1S/C24H25NO4S/c1-16-3-11-23(30-16)22(27)10-7-20(26)8-12-24(28)25-15-17-4-5-19-14-21(29-2)9-6-18(19)13-17/h3-6,9,11,13-14H,7-8,10,12,15H2,1-2H3,(H,25,28). The summed E-state index contributed by atoms with van der Waals surface area (Å²) >= 11 is 1.44. The predicted octanol–water partition coefficient (Wildman–Crippen LogP) is 4.85. The molecule has 1 N–H and O–H groups in total. The van der Waals surface area contributed by atoms with Crippen molar-refractivity contribution in [2.75, 3.05) is 7.11 Å². The Morgan fingerprint density at radius 1 is 0.900 bits per heavy atom. The van der Waals surface area contributed by atoms with E-state index in [9.17, 15) is 14.4 Å². The van der Waals surface area contributed by atoms with E-state index in [-0.39, 0.29) is 43.2 Å². The third-order valence-corrected chi connectivity index (χ3v) is 5.92. The molecule has 0 spiro atoms. The minimum absolute atomic E-state index is 0.0141. The van der Waals surface area contributed by atoms with Crippen molar-refractivity contribution in [1.82, 2.24) is 5.32 Å². The fourth-order valence-corrected chi connectivity index (χ4v) is 3.97. The Bertz CT molecular complexity index is 1070. The van der Waals surface area contributed by atoms with Crippen LogP contribution in [0.4, 0.5) is 0 Å². The van der Waals surface area contributed by atoms with Gasteiger partial charge in [0.15, 0.2) is 5.78 Å². The second-order valence-corrected chi connectivity index (χ2v) is 8.48. The smallest absolute Gasteiger partial charge is 0.220 e. The van der Waals surface area contributed by atoms with Gasteiger partial charge in [-0.1, -0.05) is 18.2 Å². The third kappa shape index (κ3) is 6.00. The minimum atomic E-state index is -0.168. The molecule has 0 saturated heterocycles. The summed E-state index contributed by atoms with van der Waals surface area (Å²) in [5, 5.41) is 5.00. The summed E-state index contributed by atoms with van der Waals surface area (Å²) in [5.74, 6) is 0.560. The van der Waals surface area contributed by atoms with Crippen LogP contribution in [0.25, 0.3) is 10.8 Å². The number of hydrogen-bond acceptors (Lipinski definition) is 5. The molecule has 6 heteroatoms. The van der Waals surface area contributed by atoms with Crippen molar-refractivity contribution in [3.63, 3.8) is 0 Å². The zero-order valence-electron chi connectivity index (χ0n) is 17.2. The minimum Gasteiger partial charge on any atom is -0.497 e. The van der Waals surface area contributed by atoms with E-state index in [1.54, 1.807) is 13.2 Å². The van der Waals surface area contributed by atoms with Crippen molar-refractivity contribution >= 4 is 39.6 Å². The van der Waals surface area contributed by atoms with Gasteiger partial charge in [0, 0.05) is 37.1 Å². The molecule has 0 saturated carbocycles. The molecular weight excluding hydrogens is 398 g/mol. The average molecular weight is 424 g/mol. The first-order valence-corrected chi connectivity index (χ1v) is 10.7. The predicted molar refractivity (Wildman–Crippen MR) is 119 cm³/mol. The van der Waals surface area contributed by atoms with E-state index in [1.165, 1.54) is 11.3 Å². The molecule has 1 amide bonds. The Hall–Kier alpha value is -2.99. The molecule has 3 aromatic rings. The third-order valence-electron chi connectivity index (χ3n) is 4.88. The van der Waals surface area contributed by atoms with Crippen LogP contribution in [0.15, 0.2) is 48.5 Å². The summed E-state index contributed by atoms with van der Waals surface area (Å²) in [6.45, 7) is 2.35. The van der Waals surface area contributed by atoms with Crippen LogP contribution in [0.5, 0.6) is 5.75 Å². The van der Waals surface area contributed by atoms with Gasteiger partial charge >= 0.3 is 0 Å². The first kappa shape index (κ1) is 21.7. The molecule has 0 aliphatic carbocycles. The second-order valence-electron chi connectivity index (χ2n) is 7.20. The molecule has 0 atom stereocenters. The highest BCUT2D eigenvalue weighted by molar-refractivity contribution is 7.14. The summed E-state index contributed by atoms with van der Waals surface area (Å²) in [4.78, 5) is 37.9. The van der Waals surface area contributed by atoms with E-state index in [0.717, 1.165) is 27.0 Å². The van der Waals surface area contributed by atoms with Gasteiger partial charge in [0.25, 0.3) is 0 Å². The highest BCUT2D eigenvalue weighted by Gasteiger charge is 2.12. The Labute approximate surface area is 180 Å². The number of carbonyl (C=O) groups excluding carboxylic acids is 3. The number of thiophene rings is 1. The summed E-state index contributed by atoms with van der Waals surface area (Å²) < 4.78 is 5.23. The van der Waals surface area contributed by atoms with Gasteiger partial charge in [0.1, 0.15) is 11.5 Å². The lowest BCUT2D eigenvalue weighted by Crippen LogP contribution is -2.23. The van der Waals surface area contributed by atoms with Gasteiger partial charge in [0.05, 0.1) is 12.0 Å².